The number of hydrogen-bond acceptors (Lipinski definition) is 3. The lowest BCUT2D eigenvalue weighted by Gasteiger charge is -2.31. The summed E-state index contributed by atoms with van der Waals surface area (Å²) in [6.07, 6.45) is 3.69. The minimum atomic E-state index is -0.336. The monoisotopic (exact) mass is 414 g/mol. The highest BCUT2D eigenvalue weighted by Crippen LogP contribution is 2.33. The summed E-state index contributed by atoms with van der Waals surface area (Å²) < 4.78 is 5.84. The molecule has 1 N–H and O–H groups in total. The minimum absolute atomic E-state index is 0.336. The second-order valence-electron chi connectivity index (χ2n) is 9.14. The molecule has 2 aliphatic rings. The van der Waals surface area contributed by atoms with Crippen molar-refractivity contribution in [3.63, 3.8) is 0 Å². The highest BCUT2D eigenvalue weighted by Gasteiger charge is 2.29. The fraction of sp³-hybridized carbons (Fsp3) is 0.429. The maximum Gasteiger partial charge on any atom is 0.0950 e. The number of nitrogens with one attached hydrogen (secondary N) is 1. The Labute approximate surface area is 187 Å². The summed E-state index contributed by atoms with van der Waals surface area (Å²) in [5.74, 6) is 7.67. The molecular formula is C28H34N2O. The number of ether oxygens (including phenoxy) is 1. The molecule has 4 rings (SSSR count). The maximum absolute atomic E-state index is 5.84. The van der Waals surface area contributed by atoms with Crippen LogP contribution in [0, 0.1) is 17.8 Å². The lowest BCUT2D eigenvalue weighted by molar-refractivity contribution is 0.111. The van der Waals surface area contributed by atoms with Crippen LogP contribution >= 0.6 is 0 Å². The van der Waals surface area contributed by atoms with Crippen LogP contribution in [0.25, 0.3) is 5.70 Å². The highest BCUT2D eigenvalue weighted by atomic mass is 16.5. The summed E-state index contributed by atoms with van der Waals surface area (Å²) in [4.78, 5) is 2.34. The van der Waals surface area contributed by atoms with E-state index in [9.17, 15) is 0 Å². The van der Waals surface area contributed by atoms with E-state index < -0.39 is 0 Å². The zero-order valence-electron chi connectivity index (χ0n) is 19.1. The average molecular weight is 415 g/mol. The number of benzene rings is 2. The van der Waals surface area contributed by atoms with Crippen molar-refractivity contribution in [2.24, 2.45) is 5.92 Å². The summed E-state index contributed by atoms with van der Waals surface area (Å²) in [6, 6.07) is 15.2. The molecule has 1 aliphatic carbocycles. The Bertz CT molecular complexity index is 1010. The van der Waals surface area contributed by atoms with Crippen LogP contribution in [0.5, 0.6) is 0 Å². The van der Waals surface area contributed by atoms with Crippen molar-refractivity contribution in [3.8, 4) is 11.8 Å². The first kappa shape index (κ1) is 21.7. The van der Waals surface area contributed by atoms with Gasteiger partial charge in [-0.15, -0.1) is 0 Å². The van der Waals surface area contributed by atoms with E-state index in [4.69, 9.17) is 4.74 Å². The van der Waals surface area contributed by atoms with Gasteiger partial charge < -0.3 is 15.0 Å². The summed E-state index contributed by atoms with van der Waals surface area (Å²) in [5.41, 5.74) is 6.98. The zero-order valence-corrected chi connectivity index (χ0v) is 19.1. The van der Waals surface area contributed by atoms with Crippen LogP contribution in [0.15, 0.2) is 49.0 Å². The van der Waals surface area contributed by atoms with E-state index in [0.29, 0.717) is 6.61 Å². The molecule has 0 radical (unpaired) electrons. The average Bonchev–Trinajstić information content (AvgIpc) is 3.56. The third-order valence-corrected chi connectivity index (χ3v) is 6.42. The van der Waals surface area contributed by atoms with Crippen molar-refractivity contribution in [3.05, 3.63) is 76.9 Å². The first-order valence-electron chi connectivity index (χ1n) is 11.4. The molecule has 1 saturated carbocycles. The van der Waals surface area contributed by atoms with Crippen LogP contribution in [0.3, 0.4) is 0 Å². The van der Waals surface area contributed by atoms with Gasteiger partial charge in [0.05, 0.1) is 12.1 Å². The van der Waals surface area contributed by atoms with Gasteiger partial charge in [0.25, 0.3) is 0 Å². The van der Waals surface area contributed by atoms with Crippen molar-refractivity contribution in [1.29, 1.82) is 0 Å². The molecule has 0 spiro atoms. The Morgan fingerprint density at radius 1 is 1.19 bits per heavy atom. The van der Waals surface area contributed by atoms with E-state index in [0.717, 1.165) is 43.3 Å². The molecule has 1 heterocycles. The molecule has 3 nitrogen and oxygen atoms in total. The Hall–Kier alpha value is -2.54. The lowest BCUT2D eigenvalue weighted by Crippen LogP contribution is -2.47. The summed E-state index contributed by atoms with van der Waals surface area (Å²) >= 11 is 0. The van der Waals surface area contributed by atoms with E-state index in [1.165, 1.54) is 35.1 Å². The first-order chi connectivity index (χ1) is 15.0. The second-order valence-corrected chi connectivity index (χ2v) is 9.14. The van der Waals surface area contributed by atoms with Crippen molar-refractivity contribution >= 4 is 5.70 Å². The second kappa shape index (κ2) is 9.30. The molecule has 162 valence electrons. The van der Waals surface area contributed by atoms with Crippen LogP contribution in [0.1, 0.15) is 54.5 Å². The van der Waals surface area contributed by atoms with Crippen molar-refractivity contribution in [2.45, 2.75) is 51.8 Å². The predicted octanol–water partition coefficient (Wildman–Crippen LogP) is 4.99. The van der Waals surface area contributed by atoms with E-state index in [1.54, 1.807) is 0 Å². The molecule has 3 heteroatoms. The topological polar surface area (TPSA) is 24.5 Å². The zero-order chi connectivity index (χ0) is 21.8. The van der Waals surface area contributed by atoms with Crippen LogP contribution in [-0.2, 0) is 24.3 Å². The molecule has 1 fully saturated rings. The molecule has 0 aromatic heterocycles. The molecule has 0 saturated heterocycles. The molecule has 1 atom stereocenters. The molecule has 0 bridgehead atoms. The van der Waals surface area contributed by atoms with Crippen LogP contribution in [0.2, 0.25) is 0 Å². The first-order valence-corrected chi connectivity index (χ1v) is 11.4. The van der Waals surface area contributed by atoms with E-state index in [-0.39, 0.29) is 5.54 Å². The largest absolute Gasteiger partial charge is 0.376 e. The SMILES string of the molecule is C=C1c2cc(CC)ccc2CN1C[C@@](C)(C#Cc1cccc(COCC2CC2)c1)NC. The van der Waals surface area contributed by atoms with Gasteiger partial charge in [0.1, 0.15) is 0 Å². The Balaban J connectivity index is 1.43. The lowest BCUT2D eigenvalue weighted by atomic mass is 10.0. The predicted molar refractivity (Wildman–Crippen MR) is 128 cm³/mol. The number of rotatable bonds is 8. The van der Waals surface area contributed by atoms with Crippen molar-refractivity contribution < 1.29 is 4.74 Å². The summed E-state index contributed by atoms with van der Waals surface area (Å²) in [7, 11) is 1.98. The van der Waals surface area contributed by atoms with Gasteiger partial charge in [-0.05, 0) is 74.0 Å². The Morgan fingerprint density at radius 2 is 2.03 bits per heavy atom. The van der Waals surface area contributed by atoms with E-state index >= 15 is 0 Å². The van der Waals surface area contributed by atoms with Gasteiger partial charge in [-0.25, -0.2) is 0 Å². The van der Waals surface area contributed by atoms with Gasteiger partial charge in [0.2, 0.25) is 0 Å². The van der Waals surface area contributed by atoms with E-state index in [2.05, 4.69) is 84.9 Å². The Morgan fingerprint density at radius 3 is 2.77 bits per heavy atom. The third-order valence-electron chi connectivity index (χ3n) is 6.42. The van der Waals surface area contributed by atoms with Crippen molar-refractivity contribution in [1.82, 2.24) is 10.2 Å². The minimum Gasteiger partial charge on any atom is -0.376 e. The summed E-state index contributed by atoms with van der Waals surface area (Å²) in [5, 5.41) is 3.43. The highest BCUT2D eigenvalue weighted by molar-refractivity contribution is 5.69. The molecule has 2 aromatic rings. The maximum atomic E-state index is 5.84. The van der Waals surface area contributed by atoms with Gasteiger partial charge in [-0.2, -0.15) is 0 Å². The third kappa shape index (κ3) is 5.39. The van der Waals surface area contributed by atoms with Gasteiger partial charge in [0, 0.05) is 36.5 Å². The number of aryl methyl sites for hydroxylation is 1. The molecule has 2 aromatic carbocycles. The number of likely N-dealkylation sites (N-methyl/N-ethyl adjacent to an activating group) is 1. The van der Waals surface area contributed by atoms with Crippen LogP contribution in [-0.4, -0.2) is 30.6 Å². The van der Waals surface area contributed by atoms with Crippen LogP contribution < -0.4 is 5.32 Å². The van der Waals surface area contributed by atoms with Crippen LogP contribution in [0.4, 0.5) is 0 Å². The van der Waals surface area contributed by atoms with Gasteiger partial charge >= 0.3 is 0 Å². The molecule has 0 unspecified atom stereocenters. The standard InChI is InChI=1S/C28H34N2O/c1-5-22-11-12-26-17-30(21(2)27(26)16-22)20-28(3,29-4)14-13-23-7-6-8-25(15-23)19-31-18-24-9-10-24/h6-8,11-12,15-16,24,29H,2,5,9-10,17-20H2,1,3-4H3/t28-/m1/s1. The van der Waals surface area contributed by atoms with Crippen molar-refractivity contribution in [2.75, 3.05) is 20.2 Å². The normalized spacial score (nSPS) is 17.1. The molecule has 0 amide bonds. The molecular weight excluding hydrogens is 380 g/mol. The van der Waals surface area contributed by atoms with Gasteiger partial charge in [-0.3, -0.25) is 0 Å². The number of nitrogens with zero attached hydrogens (tertiary/aromatic N) is 1. The number of hydrogen-bond donors (Lipinski definition) is 1. The quantitative estimate of drug-likeness (QED) is 0.616. The molecule has 31 heavy (non-hydrogen) atoms. The van der Waals surface area contributed by atoms with Gasteiger partial charge in [0.15, 0.2) is 0 Å². The fourth-order valence-corrected chi connectivity index (χ4v) is 4.01. The Kier molecular flexibility index (Phi) is 6.51. The number of fused-ring (bicyclic) bond motifs is 1. The van der Waals surface area contributed by atoms with E-state index in [1.807, 2.05) is 7.05 Å². The molecule has 1 aliphatic heterocycles. The smallest absolute Gasteiger partial charge is 0.0950 e. The summed E-state index contributed by atoms with van der Waals surface area (Å²) in [6.45, 7) is 12.0. The van der Waals surface area contributed by atoms with Gasteiger partial charge in [-0.1, -0.05) is 49.6 Å². The fourth-order valence-electron chi connectivity index (χ4n) is 4.01.